The minimum Gasteiger partial charge on any atom is -0.452 e. The highest BCUT2D eigenvalue weighted by atomic mass is 32.2. The molecule has 1 saturated heterocycles. The van der Waals surface area contributed by atoms with Crippen molar-refractivity contribution in [2.24, 2.45) is 10.3 Å². The van der Waals surface area contributed by atoms with Crippen LogP contribution in [-0.4, -0.2) is 50.2 Å². The minimum atomic E-state index is -3.73. The number of aryl methyl sites for hydroxylation is 1. The van der Waals surface area contributed by atoms with Crippen molar-refractivity contribution in [2.45, 2.75) is 37.7 Å². The number of ether oxygens (including phenoxy) is 1. The lowest BCUT2D eigenvalue weighted by Gasteiger charge is -2.33. The summed E-state index contributed by atoms with van der Waals surface area (Å²) in [5, 5.41) is 2.75. The third-order valence-electron chi connectivity index (χ3n) is 5.61. The Morgan fingerprint density at radius 1 is 1.19 bits per heavy atom. The molecule has 2 aromatic carbocycles. The average molecular weight is 456 g/mol. The molecule has 0 aromatic heterocycles. The number of nitrogens with zero attached hydrogens (tertiary/aromatic N) is 2. The molecule has 0 aliphatic carbocycles. The van der Waals surface area contributed by atoms with Crippen molar-refractivity contribution in [3.63, 3.8) is 0 Å². The van der Waals surface area contributed by atoms with E-state index in [1.54, 1.807) is 24.3 Å². The van der Waals surface area contributed by atoms with Gasteiger partial charge in [-0.15, -0.1) is 4.40 Å². The normalized spacial score (nSPS) is 20.1. The molecule has 0 bridgehead atoms. The van der Waals surface area contributed by atoms with Crippen LogP contribution in [0.5, 0.6) is 0 Å². The van der Waals surface area contributed by atoms with E-state index in [4.69, 9.17) is 4.74 Å². The zero-order chi connectivity index (χ0) is 22.9. The van der Waals surface area contributed by atoms with Crippen molar-refractivity contribution < 1.29 is 22.7 Å². The molecule has 168 valence electrons. The highest BCUT2D eigenvalue weighted by molar-refractivity contribution is 7.90. The molecule has 9 heteroatoms. The topological polar surface area (TPSA) is 105 Å². The first-order valence-electron chi connectivity index (χ1n) is 10.5. The van der Waals surface area contributed by atoms with Crippen LogP contribution < -0.4 is 5.32 Å². The van der Waals surface area contributed by atoms with E-state index in [0.29, 0.717) is 36.5 Å². The van der Waals surface area contributed by atoms with Gasteiger partial charge in [-0.05, 0) is 56.5 Å². The number of carbonyl (C=O) groups excluding carboxylic acids is 2. The van der Waals surface area contributed by atoms with Crippen molar-refractivity contribution in [2.75, 3.05) is 18.4 Å². The number of amides is 1. The third kappa shape index (κ3) is 4.52. The predicted molar refractivity (Wildman–Crippen MR) is 120 cm³/mol. The molecule has 2 atom stereocenters. The number of anilines is 1. The maximum Gasteiger partial charge on any atom is 0.311 e. The van der Waals surface area contributed by atoms with Gasteiger partial charge in [-0.25, -0.2) is 0 Å². The van der Waals surface area contributed by atoms with E-state index in [1.807, 2.05) is 30.0 Å². The molecular weight excluding hydrogens is 430 g/mol. The van der Waals surface area contributed by atoms with Crippen LogP contribution in [0.25, 0.3) is 0 Å². The summed E-state index contributed by atoms with van der Waals surface area (Å²) in [5.74, 6) is -0.993. The number of esters is 1. The van der Waals surface area contributed by atoms with Crippen molar-refractivity contribution >= 4 is 33.4 Å². The van der Waals surface area contributed by atoms with E-state index < -0.39 is 33.9 Å². The quantitative estimate of drug-likeness (QED) is 0.711. The summed E-state index contributed by atoms with van der Waals surface area (Å²) in [6.45, 7) is 4.34. The van der Waals surface area contributed by atoms with Gasteiger partial charge >= 0.3 is 5.97 Å². The number of likely N-dealkylation sites (tertiary alicyclic amines) is 1. The van der Waals surface area contributed by atoms with Crippen LogP contribution in [0.2, 0.25) is 0 Å². The van der Waals surface area contributed by atoms with Gasteiger partial charge in [0.2, 0.25) is 0 Å². The molecule has 2 heterocycles. The monoisotopic (exact) mass is 455 g/mol. The van der Waals surface area contributed by atoms with Crippen molar-refractivity contribution in [1.82, 2.24) is 4.90 Å². The number of rotatable bonds is 4. The Labute approximate surface area is 187 Å². The zero-order valence-electron chi connectivity index (χ0n) is 17.9. The second-order valence-corrected chi connectivity index (χ2v) is 9.68. The second kappa shape index (κ2) is 8.74. The fourth-order valence-corrected chi connectivity index (χ4v) is 5.20. The van der Waals surface area contributed by atoms with E-state index in [1.165, 1.54) is 13.0 Å². The van der Waals surface area contributed by atoms with Gasteiger partial charge in [-0.2, -0.15) is 8.42 Å². The van der Waals surface area contributed by atoms with Crippen LogP contribution in [0.3, 0.4) is 0 Å². The standard InChI is InChI=1S/C23H25N3O5S/c1-15-7-5-9-18(13-15)24-22(27)16(2)31-23(28)17-8-6-12-26(14-17)21-19-10-3-4-11-20(19)32(29,30)25-21/h3-5,7,9-11,13,16-17H,6,8,12,14H2,1-2H3,(H,24,27)/t16-,17-/m0/s1. The highest BCUT2D eigenvalue weighted by Crippen LogP contribution is 2.30. The van der Waals surface area contributed by atoms with Gasteiger partial charge in [0.05, 0.1) is 5.92 Å². The van der Waals surface area contributed by atoms with E-state index >= 15 is 0 Å². The Kier molecular flexibility index (Phi) is 6.01. The molecule has 32 heavy (non-hydrogen) atoms. The number of sulfonamides is 1. The Morgan fingerprint density at radius 2 is 1.97 bits per heavy atom. The molecule has 0 saturated carbocycles. The summed E-state index contributed by atoms with van der Waals surface area (Å²) in [4.78, 5) is 27.2. The molecule has 8 nitrogen and oxygen atoms in total. The highest BCUT2D eigenvalue weighted by Gasteiger charge is 2.36. The van der Waals surface area contributed by atoms with Gasteiger partial charge in [-0.1, -0.05) is 24.3 Å². The van der Waals surface area contributed by atoms with Gasteiger partial charge in [0.25, 0.3) is 15.9 Å². The smallest absolute Gasteiger partial charge is 0.311 e. The Morgan fingerprint density at radius 3 is 2.75 bits per heavy atom. The minimum absolute atomic E-state index is 0.182. The third-order valence-corrected chi connectivity index (χ3v) is 6.94. The lowest BCUT2D eigenvalue weighted by atomic mass is 9.97. The van der Waals surface area contributed by atoms with Gasteiger partial charge in [0.15, 0.2) is 11.9 Å². The summed E-state index contributed by atoms with van der Waals surface area (Å²) < 4.78 is 34.1. The first-order valence-corrected chi connectivity index (χ1v) is 12.0. The molecule has 2 aromatic rings. The van der Waals surface area contributed by atoms with Gasteiger partial charge in [0, 0.05) is 24.3 Å². The maximum atomic E-state index is 12.8. The summed E-state index contributed by atoms with van der Waals surface area (Å²) in [6, 6.07) is 14.0. The fourth-order valence-electron chi connectivity index (χ4n) is 3.97. The molecule has 0 unspecified atom stereocenters. The Balaban J connectivity index is 1.40. The first kappa shape index (κ1) is 22.0. The van der Waals surface area contributed by atoms with Crippen LogP contribution in [0.15, 0.2) is 57.8 Å². The molecule has 0 radical (unpaired) electrons. The lowest BCUT2D eigenvalue weighted by molar-refractivity contribution is -0.158. The molecule has 0 spiro atoms. The lowest BCUT2D eigenvalue weighted by Crippen LogP contribution is -2.44. The van der Waals surface area contributed by atoms with Crippen molar-refractivity contribution in [3.8, 4) is 0 Å². The molecule has 1 amide bonds. The van der Waals surface area contributed by atoms with E-state index in [0.717, 1.165) is 5.56 Å². The SMILES string of the molecule is Cc1cccc(NC(=O)[C@H](C)OC(=O)[C@H]2CCCN(C3=NS(=O)(=O)c4ccccc43)C2)c1. The zero-order valence-corrected chi connectivity index (χ0v) is 18.8. The van der Waals surface area contributed by atoms with Crippen LogP contribution >= 0.6 is 0 Å². The largest absolute Gasteiger partial charge is 0.452 e. The van der Waals surface area contributed by atoms with Crippen molar-refractivity contribution in [1.29, 1.82) is 0 Å². The summed E-state index contributed by atoms with van der Waals surface area (Å²) in [7, 11) is -3.73. The molecular formula is C23H25N3O5S. The predicted octanol–water partition coefficient (Wildman–Crippen LogP) is 2.73. The number of hydrogen-bond donors (Lipinski definition) is 1. The summed E-state index contributed by atoms with van der Waals surface area (Å²) in [5.41, 5.74) is 2.20. The molecule has 2 aliphatic heterocycles. The van der Waals surface area contributed by atoms with Gasteiger partial charge in [-0.3, -0.25) is 9.59 Å². The number of hydrogen-bond acceptors (Lipinski definition) is 6. The van der Waals surface area contributed by atoms with Crippen LogP contribution in [-0.2, 0) is 24.3 Å². The number of benzene rings is 2. The van der Waals surface area contributed by atoms with Crippen molar-refractivity contribution in [3.05, 3.63) is 59.7 Å². The average Bonchev–Trinajstić information content (AvgIpc) is 3.05. The molecule has 2 aliphatic rings. The first-order chi connectivity index (χ1) is 15.2. The fraction of sp³-hybridized carbons (Fsp3) is 0.348. The van der Waals surface area contributed by atoms with E-state index in [9.17, 15) is 18.0 Å². The van der Waals surface area contributed by atoms with Crippen LogP contribution in [0, 0.1) is 12.8 Å². The molecule has 1 N–H and O–H groups in total. The second-order valence-electron chi connectivity index (χ2n) is 8.11. The van der Waals surface area contributed by atoms with E-state index in [-0.39, 0.29) is 11.4 Å². The Bertz CT molecular complexity index is 1190. The number of nitrogens with one attached hydrogen (secondary N) is 1. The Hall–Kier alpha value is -3.20. The van der Waals surface area contributed by atoms with E-state index in [2.05, 4.69) is 9.71 Å². The molecule has 1 fully saturated rings. The van der Waals surface area contributed by atoms with Gasteiger partial charge in [0.1, 0.15) is 4.90 Å². The van der Waals surface area contributed by atoms with Crippen LogP contribution in [0.1, 0.15) is 30.9 Å². The number of fused-ring (bicyclic) bond motifs is 1. The number of carbonyl (C=O) groups is 2. The molecule has 4 rings (SSSR count). The van der Waals surface area contributed by atoms with Crippen LogP contribution in [0.4, 0.5) is 5.69 Å². The summed E-state index contributed by atoms with van der Waals surface area (Å²) >= 11 is 0. The number of amidine groups is 1. The number of piperidine rings is 1. The maximum absolute atomic E-state index is 12.8. The summed E-state index contributed by atoms with van der Waals surface area (Å²) in [6.07, 6.45) is 0.331. The van der Waals surface area contributed by atoms with Gasteiger partial charge < -0.3 is 15.0 Å².